The molecule has 0 aromatic heterocycles. The van der Waals surface area contributed by atoms with E-state index in [2.05, 4.69) is 79.9 Å². The molecule has 3 atom stereocenters. The summed E-state index contributed by atoms with van der Waals surface area (Å²) in [5.41, 5.74) is 0. The molecule has 0 saturated carbocycles. The molecule has 8 nitrogen and oxygen atoms in total. The normalized spacial score (nSPS) is 15.1. The summed E-state index contributed by atoms with van der Waals surface area (Å²) < 4.78 is 23.5. The van der Waals surface area contributed by atoms with Crippen LogP contribution in [0, 0.1) is 0 Å². The molecule has 9 heteroatoms. The number of amides is 1. The number of quaternary nitrogens is 1. The lowest BCUT2D eigenvalue weighted by Crippen LogP contribution is -2.45. The summed E-state index contributed by atoms with van der Waals surface area (Å²) in [4.78, 5) is 23.1. The molecule has 0 aliphatic rings. The van der Waals surface area contributed by atoms with Gasteiger partial charge in [-0.15, -0.1) is 0 Å². The molecule has 0 rings (SSSR count). The molecule has 0 fully saturated rings. The van der Waals surface area contributed by atoms with Gasteiger partial charge in [-0.1, -0.05) is 164 Å². The van der Waals surface area contributed by atoms with E-state index in [0.717, 1.165) is 77.0 Å². The van der Waals surface area contributed by atoms with Crippen LogP contribution in [0.4, 0.5) is 0 Å². The van der Waals surface area contributed by atoms with Crippen LogP contribution in [-0.4, -0.2) is 73.4 Å². The van der Waals surface area contributed by atoms with Crippen molar-refractivity contribution < 1.29 is 32.9 Å². The lowest BCUT2D eigenvalue weighted by atomic mass is 10.1. The van der Waals surface area contributed by atoms with Crippen molar-refractivity contribution in [1.82, 2.24) is 5.32 Å². The lowest BCUT2D eigenvalue weighted by molar-refractivity contribution is -0.870. The molecule has 1 amide bonds. The molecule has 0 saturated heterocycles. The van der Waals surface area contributed by atoms with Crippen molar-refractivity contribution in [3.63, 3.8) is 0 Å². The predicted molar refractivity (Wildman–Crippen MR) is 240 cm³/mol. The Labute approximate surface area is 344 Å². The van der Waals surface area contributed by atoms with E-state index in [1.54, 1.807) is 6.08 Å². The molecule has 0 aromatic carbocycles. The summed E-state index contributed by atoms with van der Waals surface area (Å²) in [5.74, 6) is -0.214. The first-order valence-electron chi connectivity index (χ1n) is 22.3. The molecule has 0 aliphatic carbocycles. The number of unbranched alkanes of at least 4 members (excludes halogenated alkanes) is 16. The molecular weight excluding hydrogens is 719 g/mol. The zero-order chi connectivity index (χ0) is 41.4. The number of hydrogen-bond acceptors (Lipinski definition) is 5. The number of carbonyl (C=O) groups is 1. The Kier molecular flexibility index (Phi) is 37.0. The number of phosphoric acid groups is 1. The van der Waals surface area contributed by atoms with Crippen molar-refractivity contribution in [2.24, 2.45) is 0 Å². The van der Waals surface area contributed by atoms with Gasteiger partial charge in [0.15, 0.2) is 0 Å². The van der Waals surface area contributed by atoms with Gasteiger partial charge in [-0.25, -0.2) is 4.57 Å². The first-order chi connectivity index (χ1) is 27.0. The van der Waals surface area contributed by atoms with Crippen LogP contribution in [-0.2, 0) is 18.4 Å². The Morgan fingerprint density at radius 2 is 1.09 bits per heavy atom. The smallest absolute Gasteiger partial charge is 0.387 e. The number of aliphatic hydroxyl groups is 1. The second kappa shape index (κ2) is 38.5. The lowest BCUT2D eigenvalue weighted by Gasteiger charge is -2.25. The van der Waals surface area contributed by atoms with Crippen molar-refractivity contribution in [3.8, 4) is 0 Å². The van der Waals surface area contributed by atoms with Gasteiger partial charge in [0.2, 0.25) is 5.91 Å². The highest BCUT2D eigenvalue weighted by molar-refractivity contribution is 7.47. The van der Waals surface area contributed by atoms with Crippen molar-refractivity contribution >= 4 is 13.7 Å². The number of allylic oxidation sites excluding steroid dienone is 11. The highest BCUT2D eigenvalue weighted by atomic mass is 31.2. The molecule has 0 heterocycles. The van der Waals surface area contributed by atoms with Gasteiger partial charge in [0.05, 0.1) is 39.9 Å². The average Bonchev–Trinajstić information content (AvgIpc) is 3.15. The van der Waals surface area contributed by atoms with Gasteiger partial charge in [0.25, 0.3) is 0 Å². The largest absolute Gasteiger partial charge is 0.472 e. The van der Waals surface area contributed by atoms with E-state index >= 15 is 0 Å². The standard InChI is InChI=1S/C47H85N2O6P/c1-6-8-10-12-14-16-18-20-22-24-26-28-30-32-34-36-38-40-46(50)45(44-55-56(52,53)54-43-42-49(3,4)5)48-47(51)41-39-37-35-33-31-29-27-25-23-21-19-17-15-13-11-9-7-2/h9,11,15,17,21,23,27,29-30,32,38,40,45-46,50H,6-8,10,12-14,16,18-20,22,24-26,28,31,33-37,39,41-44H2,1-5H3,(H-,48,51,52,53)/p+1/b11-9-,17-15-,23-21-,29-27-,32-30+,40-38+. The van der Waals surface area contributed by atoms with E-state index in [9.17, 15) is 19.4 Å². The maximum atomic E-state index is 12.9. The Balaban J connectivity index is 4.54. The number of aliphatic hydroxyl groups excluding tert-OH is 1. The van der Waals surface area contributed by atoms with Crippen LogP contribution in [0.1, 0.15) is 168 Å². The predicted octanol–water partition coefficient (Wildman–Crippen LogP) is 12.4. The van der Waals surface area contributed by atoms with Gasteiger partial charge in [-0.05, 0) is 70.6 Å². The number of carbonyl (C=O) groups excluding carboxylic acids is 1. The van der Waals surface area contributed by atoms with Crippen molar-refractivity contribution in [2.45, 2.75) is 180 Å². The number of likely N-dealkylation sites (N-methyl/N-ethyl adjacent to an activating group) is 1. The summed E-state index contributed by atoms with van der Waals surface area (Å²) in [6.45, 7) is 4.64. The molecule has 3 unspecified atom stereocenters. The quantitative estimate of drug-likeness (QED) is 0.0247. The first-order valence-corrected chi connectivity index (χ1v) is 23.8. The van der Waals surface area contributed by atoms with Crippen LogP contribution in [0.25, 0.3) is 0 Å². The Hall–Kier alpha value is -2.06. The maximum Gasteiger partial charge on any atom is 0.472 e. The third kappa shape index (κ3) is 40.1. The third-order valence-corrected chi connectivity index (χ3v) is 10.4. The van der Waals surface area contributed by atoms with Crippen LogP contribution >= 0.6 is 7.82 Å². The van der Waals surface area contributed by atoms with E-state index in [1.807, 2.05) is 27.2 Å². The summed E-state index contributed by atoms with van der Waals surface area (Å²) in [6, 6.07) is -0.879. The third-order valence-electron chi connectivity index (χ3n) is 9.41. The van der Waals surface area contributed by atoms with E-state index in [0.29, 0.717) is 17.4 Å². The molecule has 0 aliphatic heterocycles. The van der Waals surface area contributed by atoms with E-state index < -0.39 is 20.0 Å². The minimum atomic E-state index is -4.36. The van der Waals surface area contributed by atoms with E-state index in [-0.39, 0.29) is 19.1 Å². The van der Waals surface area contributed by atoms with Gasteiger partial charge >= 0.3 is 7.82 Å². The second-order valence-electron chi connectivity index (χ2n) is 16.0. The molecule has 324 valence electrons. The fourth-order valence-corrected chi connectivity index (χ4v) is 6.61. The van der Waals surface area contributed by atoms with E-state index in [1.165, 1.54) is 70.6 Å². The summed E-state index contributed by atoms with van der Waals surface area (Å²) in [5, 5.41) is 13.8. The topological polar surface area (TPSA) is 105 Å². The van der Waals surface area contributed by atoms with Crippen LogP contribution < -0.4 is 5.32 Å². The fourth-order valence-electron chi connectivity index (χ4n) is 5.87. The maximum absolute atomic E-state index is 12.9. The van der Waals surface area contributed by atoms with Crippen molar-refractivity contribution in [1.29, 1.82) is 0 Å². The SMILES string of the molecule is CC/C=C\C/C=C\C/C=C\C/C=C\CCCCCCC(=O)NC(COP(=O)(O)OCC[N+](C)(C)C)C(O)/C=C/CC/C=C/CCCCCCCCCCCCC. The first kappa shape index (κ1) is 53.9. The summed E-state index contributed by atoms with van der Waals surface area (Å²) >= 11 is 0. The van der Waals surface area contributed by atoms with Gasteiger partial charge in [0, 0.05) is 6.42 Å². The molecule has 3 N–H and O–H groups in total. The van der Waals surface area contributed by atoms with Gasteiger partial charge in [-0.3, -0.25) is 13.8 Å². The van der Waals surface area contributed by atoms with E-state index in [4.69, 9.17) is 9.05 Å². The van der Waals surface area contributed by atoms with Gasteiger partial charge < -0.3 is 19.8 Å². The van der Waals surface area contributed by atoms with Crippen molar-refractivity contribution in [3.05, 3.63) is 72.9 Å². The van der Waals surface area contributed by atoms with Crippen LogP contribution in [0.5, 0.6) is 0 Å². The second-order valence-corrected chi connectivity index (χ2v) is 17.5. The number of phosphoric ester groups is 1. The highest BCUT2D eigenvalue weighted by Gasteiger charge is 2.27. The minimum Gasteiger partial charge on any atom is -0.387 e. The number of hydrogen-bond donors (Lipinski definition) is 3. The Morgan fingerprint density at radius 3 is 1.64 bits per heavy atom. The Morgan fingerprint density at radius 1 is 0.625 bits per heavy atom. The minimum absolute atomic E-state index is 0.0474. The average molecular weight is 806 g/mol. The number of nitrogens with one attached hydrogen (secondary N) is 1. The molecule has 0 radical (unpaired) electrons. The van der Waals surface area contributed by atoms with Gasteiger partial charge in [-0.2, -0.15) is 0 Å². The Bertz CT molecular complexity index is 1140. The zero-order valence-electron chi connectivity index (χ0n) is 36.6. The van der Waals surface area contributed by atoms with Crippen LogP contribution in [0.15, 0.2) is 72.9 Å². The molecule has 56 heavy (non-hydrogen) atoms. The highest BCUT2D eigenvalue weighted by Crippen LogP contribution is 2.43. The van der Waals surface area contributed by atoms with Crippen LogP contribution in [0.3, 0.4) is 0 Å². The molecule has 0 bridgehead atoms. The molecular formula is C47H86N2O6P+. The summed E-state index contributed by atoms with van der Waals surface area (Å²) in [7, 11) is 1.52. The number of rotatable bonds is 39. The fraction of sp³-hybridized carbons (Fsp3) is 0.723. The summed E-state index contributed by atoms with van der Waals surface area (Å²) in [6.07, 6.45) is 51.2. The van der Waals surface area contributed by atoms with Gasteiger partial charge in [0.1, 0.15) is 13.2 Å². The van der Waals surface area contributed by atoms with Crippen LogP contribution in [0.2, 0.25) is 0 Å². The monoisotopic (exact) mass is 806 g/mol. The van der Waals surface area contributed by atoms with Crippen molar-refractivity contribution in [2.75, 3.05) is 40.9 Å². The number of nitrogens with zero attached hydrogens (tertiary/aromatic N) is 1. The molecule has 0 spiro atoms. The molecule has 0 aromatic rings. The zero-order valence-corrected chi connectivity index (χ0v) is 37.5.